The summed E-state index contributed by atoms with van der Waals surface area (Å²) in [6.45, 7) is 10.0. The number of hydrogen-bond donors (Lipinski definition) is 2. The molecule has 2 N–H and O–H groups in total. The molecule has 0 aliphatic heterocycles. The van der Waals surface area contributed by atoms with E-state index in [0.717, 1.165) is 45.7 Å². The summed E-state index contributed by atoms with van der Waals surface area (Å²) in [5.74, 6) is -1.49. The topological polar surface area (TPSA) is 68.1 Å². The van der Waals surface area contributed by atoms with Crippen LogP contribution in [0.2, 0.25) is 0 Å². The van der Waals surface area contributed by atoms with Crippen molar-refractivity contribution in [3.63, 3.8) is 0 Å². The fraction of sp³-hybridized carbons (Fsp3) is 0.176. The van der Waals surface area contributed by atoms with Crippen molar-refractivity contribution in [1.82, 2.24) is 9.13 Å². The third-order valence-electron chi connectivity index (χ3n) is 8.30. The van der Waals surface area contributed by atoms with Crippen LogP contribution in [0.25, 0.3) is 43.6 Å². The standard InChI is InChI=1S/C34H30N4O2/c1-4-37-27-12-8-6-10-23(27)25-18-21(14-16-29(25)37)35-33(39)31-20(3)32(31)34(40)36-22-15-17-30-26(19-22)24-11-7-9-13-28(24)38(30)5-2/h6-19,31-32H,3-5H2,1-2H3,(H,35,39)(H,36,40). The summed E-state index contributed by atoms with van der Waals surface area (Å²) >= 11 is 0. The molecule has 2 unspecified atom stereocenters. The van der Waals surface area contributed by atoms with Gasteiger partial charge in [-0.3, -0.25) is 9.59 Å². The maximum atomic E-state index is 13.2. The quantitative estimate of drug-likeness (QED) is 0.223. The molecule has 198 valence electrons. The molecule has 1 aliphatic carbocycles. The minimum absolute atomic E-state index is 0.204. The molecule has 0 saturated heterocycles. The number of para-hydroxylation sites is 2. The van der Waals surface area contributed by atoms with Gasteiger partial charge < -0.3 is 19.8 Å². The number of nitrogens with one attached hydrogen (secondary N) is 2. The molecule has 40 heavy (non-hydrogen) atoms. The molecule has 2 amide bonds. The van der Waals surface area contributed by atoms with E-state index in [1.54, 1.807) is 0 Å². The Morgan fingerprint density at radius 2 is 1.02 bits per heavy atom. The lowest BCUT2D eigenvalue weighted by Crippen LogP contribution is -2.20. The Balaban J connectivity index is 1.10. The van der Waals surface area contributed by atoms with Gasteiger partial charge in [0.2, 0.25) is 11.8 Å². The number of fused-ring (bicyclic) bond motifs is 6. The fourth-order valence-corrected chi connectivity index (χ4v) is 6.34. The Labute approximate surface area is 231 Å². The van der Waals surface area contributed by atoms with E-state index in [-0.39, 0.29) is 11.8 Å². The summed E-state index contributed by atoms with van der Waals surface area (Å²) in [7, 11) is 0. The van der Waals surface area contributed by atoms with Crippen LogP contribution in [0.15, 0.2) is 97.1 Å². The Morgan fingerprint density at radius 3 is 1.45 bits per heavy atom. The van der Waals surface area contributed by atoms with Crippen LogP contribution in [0, 0.1) is 11.8 Å². The number of rotatable bonds is 6. The summed E-state index contributed by atoms with van der Waals surface area (Å²) < 4.78 is 4.55. The molecule has 1 aliphatic rings. The van der Waals surface area contributed by atoms with Gasteiger partial charge in [0, 0.05) is 68.1 Å². The van der Waals surface area contributed by atoms with Crippen molar-refractivity contribution < 1.29 is 9.59 Å². The van der Waals surface area contributed by atoms with Gasteiger partial charge in [-0.2, -0.15) is 0 Å². The molecule has 2 heterocycles. The third-order valence-corrected chi connectivity index (χ3v) is 8.30. The first-order valence-electron chi connectivity index (χ1n) is 13.8. The van der Waals surface area contributed by atoms with Crippen molar-refractivity contribution in [2.24, 2.45) is 11.8 Å². The predicted octanol–water partition coefficient (Wildman–Crippen LogP) is 7.32. The normalized spacial score (nSPS) is 16.7. The first kappa shape index (κ1) is 24.2. The summed E-state index contributed by atoms with van der Waals surface area (Å²) in [5, 5.41) is 10.6. The van der Waals surface area contributed by atoms with Gasteiger partial charge in [-0.25, -0.2) is 0 Å². The number of aromatic nitrogens is 2. The second-order valence-corrected chi connectivity index (χ2v) is 10.5. The molecule has 7 rings (SSSR count). The minimum atomic E-state index is -0.543. The van der Waals surface area contributed by atoms with Gasteiger partial charge in [-0.05, 0) is 62.4 Å². The van der Waals surface area contributed by atoms with Crippen molar-refractivity contribution in [3.05, 3.63) is 97.1 Å². The van der Waals surface area contributed by atoms with Gasteiger partial charge in [0.05, 0.1) is 11.8 Å². The zero-order valence-electron chi connectivity index (χ0n) is 22.6. The molecule has 0 bridgehead atoms. The number of carbonyl (C=O) groups is 2. The predicted molar refractivity (Wildman–Crippen MR) is 164 cm³/mol. The maximum Gasteiger partial charge on any atom is 0.232 e. The molecule has 2 atom stereocenters. The van der Waals surface area contributed by atoms with E-state index in [2.05, 4.69) is 64.5 Å². The van der Waals surface area contributed by atoms with Gasteiger partial charge in [0.15, 0.2) is 0 Å². The van der Waals surface area contributed by atoms with E-state index < -0.39 is 11.8 Å². The van der Waals surface area contributed by atoms with Gasteiger partial charge in [-0.1, -0.05) is 48.6 Å². The zero-order valence-corrected chi connectivity index (χ0v) is 22.6. The number of carbonyl (C=O) groups excluding carboxylic acids is 2. The van der Waals surface area contributed by atoms with Crippen LogP contribution in [0.5, 0.6) is 0 Å². The fourth-order valence-electron chi connectivity index (χ4n) is 6.34. The highest BCUT2D eigenvalue weighted by Crippen LogP contribution is 2.46. The van der Waals surface area contributed by atoms with Crippen molar-refractivity contribution >= 4 is 66.8 Å². The second kappa shape index (κ2) is 9.12. The number of anilines is 2. The summed E-state index contributed by atoms with van der Waals surface area (Å²) in [6.07, 6.45) is 0. The summed E-state index contributed by atoms with van der Waals surface area (Å²) in [6, 6.07) is 28.6. The first-order chi connectivity index (χ1) is 19.5. The van der Waals surface area contributed by atoms with Gasteiger partial charge >= 0.3 is 0 Å². The highest BCUT2D eigenvalue weighted by molar-refractivity contribution is 6.13. The molecule has 1 saturated carbocycles. The van der Waals surface area contributed by atoms with Crippen LogP contribution in [-0.2, 0) is 22.7 Å². The van der Waals surface area contributed by atoms with Gasteiger partial charge in [0.25, 0.3) is 0 Å². The molecule has 6 nitrogen and oxygen atoms in total. The molecule has 6 aromatic rings. The van der Waals surface area contributed by atoms with Crippen LogP contribution in [0.4, 0.5) is 11.4 Å². The Morgan fingerprint density at radius 1 is 0.625 bits per heavy atom. The number of nitrogens with zero attached hydrogens (tertiary/aromatic N) is 2. The van der Waals surface area contributed by atoms with Crippen molar-refractivity contribution in [1.29, 1.82) is 0 Å². The Hall–Kier alpha value is -4.84. The lowest BCUT2D eigenvalue weighted by atomic mass is 10.1. The van der Waals surface area contributed by atoms with E-state index >= 15 is 0 Å². The average Bonchev–Trinajstić information content (AvgIpc) is 3.41. The summed E-state index contributed by atoms with van der Waals surface area (Å²) in [5.41, 5.74) is 6.69. The van der Waals surface area contributed by atoms with Crippen molar-refractivity contribution in [3.8, 4) is 0 Å². The number of benzene rings is 4. The van der Waals surface area contributed by atoms with Gasteiger partial charge in [-0.15, -0.1) is 0 Å². The molecule has 0 radical (unpaired) electrons. The number of hydrogen-bond acceptors (Lipinski definition) is 2. The van der Waals surface area contributed by atoms with E-state index in [4.69, 9.17) is 0 Å². The molecule has 4 aromatic carbocycles. The molecule has 1 fully saturated rings. The maximum absolute atomic E-state index is 13.2. The second-order valence-electron chi connectivity index (χ2n) is 10.5. The van der Waals surface area contributed by atoms with E-state index in [1.165, 1.54) is 11.0 Å². The van der Waals surface area contributed by atoms with Crippen LogP contribution in [0.1, 0.15) is 13.8 Å². The van der Waals surface area contributed by atoms with E-state index in [0.29, 0.717) is 16.9 Å². The highest BCUT2D eigenvalue weighted by Gasteiger charge is 2.52. The van der Waals surface area contributed by atoms with Crippen LogP contribution < -0.4 is 10.6 Å². The Kier molecular flexibility index (Phi) is 5.52. The molecule has 0 spiro atoms. The molecular formula is C34H30N4O2. The lowest BCUT2D eigenvalue weighted by Gasteiger charge is -2.08. The highest BCUT2D eigenvalue weighted by atomic mass is 16.2. The smallest absolute Gasteiger partial charge is 0.232 e. The van der Waals surface area contributed by atoms with Crippen LogP contribution >= 0.6 is 0 Å². The third kappa shape index (κ3) is 3.63. The van der Waals surface area contributed by atoms with Crippen LogP contribution in [0.3, 0.4) is 0 Å². The largest absolute Gasteiger partial charge is 0.341 e. The molecular weight excluding hydrogens is 496 g/mol. The van der Waals surface area contributed by atoms with Crippen molar-refractivity contribution in [2.75, 3.05) is 10.6 Å². The molecule has 6 heteroatoms. The van der Waals surface area contributed by atoms with Gasteiger partial charge in [0.1, 0.15) is 0 Å². The van der Waals surface area contributed by atoms with Crippen molar-refractivity contribution in [2.45, 2.75) is 26.9 Å². The van der Waals surface area contributed by atoms with Crippen LogP contribution in [-0.4, -0.2) is 20.9 Å². The summed E-state index contributed by atoms with van der Waals surface area (Å²) in [4.78, 5) is 26.4. The average molecular weight is 527 g/mol. The first-order valence-corrected chi connectivity index (χ1v) is 13.8. The molecule has 2 aromatic heterocycles. The SMILES string of the molecule is C=C1C(C(=O)Nc2ccc3c(c2)c2ccccc2n3CC)C1C(=O)Nc1ccc2c(c1)c1ccccc1n2CC. The monoisotopic (exact) mass is 526 g/mol. The van der Waals surface area contributed by atoms with E-state index in [1.807, 2.05) is 60.7 Å². The number of aryl methyl sites for hydroxylation is 2. The lowest BCUT2D eigenvalue weighted by molar-refractivity contribution is -0.122. The Bertz CT molecular complexity index is 1870. The zero-order chi connectivity index (χ0) is 27.5. The van der Waals surface area contributed by atoms with E-state index in [9.17, 15) is 9.59 Å². The number of amides is 2. The minimum Gasteiger partial charge on any atom is -0.341 e.